The summed E-state index contributed by atoms with van der Waals surface area (Å²) in [5.41, 5.74) is 6.39. The molecular weight excluding hydrogens is 411 g/mol. The van der Waals surface area contributed by atoms with Crippen LogP contribution in [0.1, 0.15) is 25.8 Å². The van der Waals surface area contributed by atoms with Crippen LogP contribution in [0.4, 0.5) is 0 Å². The Morgan fingerprint density at radius 3 is 2.21 bits per heavy atom. The molecule has 0 saturated carbocycles. The molecule has 0 spiro atoms. The second kappa shape index (κ2) is 7.83. The van der Waals surface area contributed by atoms with Crippen molar-refractivity contribution < 1.29 is 33.3 Å². The van der Waals surface area contributed by atoms with Crippen molar-refractivity contribution in [1.82, 2.24) is 0 Å². The molecule has 3 nitrogen and oxygen atoms in total. The summed E-state index contributed by atoms with van der Waals surface area (Å²) in [6, 6.07) is 14.4. The maximum atomic E-state index is 12.6. The summed E-state index contributed by atoms with van der Waals surface area (Å²) < 4.78 is 0.812. The van der Waals surface area contributed by atoms with Crippen LogP contribution in [-0.4, -0.2) is 38.1 Å². The van der Waals surface area contributed by atoms with E-state index in [2.05, 4.69) is 59.3 Å². The van der Waals surface area contributed by atoms with Gasteiger partial charge in [0.05, 0.1) is 33.1 Å². The highest BCUT2D eigenvalue weighted by Crippen LogP contribution is 2.40. The summed E-state index contributed by atoms with van der Waals surface area (Å²) >= 11 is 0. The average Bonchev–Trinajstić information content (AvgIpc) is 2.46. The number of quaternary nitrogens is 1. The topological polar surface area (TPSA) is 43.1 Å². The molecular formula is C20H29IN2O. The Hall–Kier alpha value is -1.14. The zero-order valence-corrected chi connectivity index (χ0v) is 17.5. The van der Waals surface area contributed by atoms with Gasteiger partial charge < -0.3 is 34.2 Å². The van der Waals surface area contributed by atoms with Gasteiger partial charge in [-0.25, -0.2) is 0 Å². The maximum Gasteiger partial charge on any atom is 0.228 e. The molecule has 0 bridgehead atoms. The van der Waals surface area contributed by atoms with Crippen LogP contribution in [0.5, 0.6) is 0 Å². The van der Waals surface area contributed by atoms with Crippen LogP contribution in [0.2, 0.25) is 0 Å². The summed E-state index contributed by atoms with van der Waals surface area (Å²) in [6.07, 6.45) is 0.748. The predicted octanol–water partition coefficient (Wildman–Crippen LogP) is 0.319. The first kappa shape index (κ1) is 20.9. The number of primary amides is 1. The number of hydrogen-bond donors (Lipinski definition) is 1. The fourth-order valence-corrected chi connectivity index (χ4v) is 3.40. The minimum Gasteiger partial charge on any atom is -1.00 e. The second-order valence-corrected chi connectivity index (χ2v) is 7.78. The molecule has 0 radical (unpaired) electrons. The second-order valence-electron chi connectivity index (χ2n) is 7.78. The standard InChI is InChI=1S/C20H28N2O.HI/c1-15(2)20(19(21)23,13-14-22(3,4)5)18-12-8-10-16-9-6-7-11-17(16)18;/h6-12,15H,13-14H2,1-5H3,(H-,21,23);1H. The molecule has 132 valence electrons. The van der Waals surface area contributed by atoms with E-state index in [0.717, 1.165) is 33.8 Å². The number of rotatable bonds is 6. The van der Waals surface area contributed by atoms with Gasteiger partial charge in [-0.05, 0) is 22.3 Å². The Balaban J connectivity index is 0.00000288. The molecule has 0 aliphatic rings. The van der Waals surface area contributed by atoms with Crippen molar-refractivity contribution in [2.45, 2.75) is 25.7 Å². The number of carbonyl (C=O) groups excluding carboxylic acids is 1. The molecule has 1 unspecified atom stereocenters. The van der Waals surface area contributed by atoms with Gasteiger partial charge in [0.1, 0.15) is 0 Å². The van der Waals surface area contributed by atoms with E-state index < -0.39 is 5.41 Å². The Morgan fingerprint density at radius 1 is 1.08 bits per heavy atom. The van der Waals surface area contributed by atoms with Gasteiger partial charge in [-0.15, -0.1) is 0 Å². The summed E-state index contributed by atoms with van der Waals surface area (Å²) in [5.74, 6) is -0.0883. The Labute approximate surface area is 162 Å². The first-order valence-electron chi connectivity index (χ1n) is 8.27. The van der Waals surface area contributed by atoms with Crippen molar-refractivity contribution in [3.63, 3.8) is 0 Å². The van der Waals surface area contributed by atoms with E-state index in [9.17, 15) is 4.79 Å². The molecule has 24 heavy (non-hydrogen) atoms. The van der Waals surface area contributed by atoms with Gasteiger partial charge in [0.2, 0.25) is 5.91 Å². The van der Waals surface area contributed by atoms with Crippen molar-refractivity contribution in [2.75, 3.05) is 27.7 Å². The molecule has 2 rings (SSSR count). The predicted molar refractivity (Wildman–Crippen MR) is 97.2 cm³/mol. The summed E-state index contributed by atoms with van der Waals surface area (Å²) in [5, 5.41) is 2.28. The molecule has 0 aliphatic heterocycles. The molecule has 0 aromatic heterocycles. The lowest BCUT2D eigenvalue weighted by Gasteiger charge is -2.38. The van der Waals surface area contributed by atoms with Gasteiger partial charge in [-0.3, -0.25) is 4.79 Å². The Bertz CT molecular complexity index is 701. The van der Waals surface area contributed by atoms with Crippen LogP contribution in [-0.2, 0) is 10.2 Å². The fraction of sp³-hybridized carbons (Fsp3) is 0.450. The van der Waals surface area contributed by atoms with Gasteiger partial charge in [0.25, 0.3) is 0 Å². The van der Waals surface area contributed by atoms with Crippen molar-refractivity contribution >= 4 is 16.7 Å². The normalized spacial score (nSPS) is 14.2. The number of halogens is 1. The average molecular weight is 440 g/mol. The first-order chi connectivity index (χ1) is 10.7. The van der Waals surface area contributed by atoms with Crippen LogP contribution in [0.25, 0.3) is 10.8 Å². The highest BCUT2D eigenvalue weighted by molar-refractivity contribution is 5.95. The number of amides is 1. The molecule has 1 atom stereocenters. The highest BCUT2D eigenvalue weighted by Gasteiger charge is 2.43. The summed E-state index contributed by atoms with van der Waals surface area (Å²) in [7, 11) is 6.44. The van der Waals surface area contributed by atoms with Crippen LogP contribution < -0.4 is 29.7 Å². The molecule has 0 aliphatic carbocycles. The number of nitrogens with two attached hydrogens (primary N) is 1. The minimum atomic E-state index is -0.646. The lowest BCUT2D eigenvalue weighted by Crippen LogP contribution is -3.00. The quantitative estimate of drug-likeness (QED) is 0.511. The third kappa shape index (κ3) is 4.09. The Morgan fingerprint density at radius 2 is 1.67 bits per heavy atom. The van der Waals surface area contributed by atoms with Crippen LogP contribution in [0.3, 0.4) is 0 Å². The lowest BCUT2D eigenvalue weighted by atomic mass is 9.67. The first-order valence-corrected chi connectivity index (χ1v) is 8.27. The van der Waals surface area contributed by atoms with E-state index in [-0.39, 0.29) is 35.8 Å². The lowest BCUT2D eigenvalue weighted by molar-refractivity contribution is -0.871. The highest BCUT2D eigenvalue weighted by atomic mass is 127. The number of carbonyl (C=O) groups is 1. The zero-order valence-electron chi connectivity index (χ0n) is 15.3. The fourth-order valence-electron chi connectivity index (χ4n) is 3.40. The minimum absolute atomic E-state index is 0. The number of fused-ring (bicyclic) bond motifs is 1. The molecule has 0 saturated heterocycles. The van der Waals surface area contributed by atoms with Crippen molar-refractivity contribution in [1.29, 1.82) is 0 Å². The van der Waals surface area contributed by atoms with Gasteiger partial charge in [-0.1, -0.05) is 56.3 Å². The van der Waals surface area contributed by atoms with Crippen LogP contribution in [0.15, 0.2) is 42.5 Å². The SMILES string of the molecule is CC(C)C(CC[N+](C)(C)C)(C(N)=O)c1cccc2ccccc12.[I-]. The van der Waals surface area contributed by atoms with Crippen LogP contribution in [0, 0.1) is 5.92 Å². The zero-order chi connectivity index (χ0) is 17.3. The van der Waals surface area contributed by atoms with E-state index in [4.69, 9.17) is 5.73 Å². The number of benzene rings is 2. The molecule has 2 aromatic rings. The van der Waals surface area contributed by atoms with E-state index in [0.29, 0.717) is 0 Å². The van der Waals surface area contributed by atoms with Crippen molar-refractivity contribution in [3.8, 4) is 0 Å². The van der Waals surface area contributed by atoms with Crippen LogP contribution >= 0.6 is 0 Å². The van der Waals surface area contributed by atoms with Gasteiger partial charge in [0, 0.05) is 6.42 Å². The van der Waals surface area contributed by atoms with Crippen molar-refractivity contribution in [2.24, 2.45) is 11.7 Å². The molecule has 2 aromatic carbocycles. The van der Waals surface area contributed by atoms with Gasteiger partial charge >= 0.3 is 0 Å². The summed E-state index contributed by atoms with van der Waals surface area (Å²) in [6.45, 7) is 5.09. The largest absolute Gasteiger partial charge is 1.00 e. The third-order valence-electron chi connectivity index (χ3n) is 4.87. The maximum absolute atomic E-state index is 12.6. The van der Waals surface area contributed by atoms with Crippen molar-refractivity contribution in [3.05, 3.63) is 48.0 Å². The molecule has 0 heterocycles. The van der Waals surface area contributed by atoms with E-state index >= 15 is 0 Å². The molecule has 1 amide bonds. The Kier molecular flexibility index (Phi) is 6.82. The monoisotopic (exact) mass is 440 g/mol. The van der Waals surface area contributed by atoms with E-state index in [1.165, 1.54) is 0 Å². The molecule has 0 fully saturated rings. The third-order valence-corrected chi connectivity index (χ3v) is 4.87. The number of nitrogens with zero attached hydrogens (tertiary/aromatic N) is 1. The van der Waals surface area contributed by atoms with Gasteiger partial charge in [0.15, 0.2) is 0 Å². The van der Waals surface area contributed by atoms with E-state index in [1.54, 1.807) is 0 Å². The number of hydrogen-bond acceptors (Lipinski definition) is 1. The van der Waals surface area contributed by atoms with E-state index in [1.807, 2.05) is 18.2 Å². The molecule has 2 N–H and O–H groups in total. The van der Waals surface area contributed by atoms with Gasteiger partial charge in [-0.2, -0.15) is 0 Å². The smallest absolute Gasteiger partial charge is 0.228 e. The molecule has 4 heteroatoms. The summed E-state index contributed by atoms with van der Waals surface area (Å²) in [4.78, 5) is 12.6.